The molecule has 38 heavy (non-hydrogen) atoms. The number of carbonyl (C=O) groups excluding carboxylic acids is 2. The third kappa shape index (κ3) is 8.79. The molecule has 3 rings (SSSR count). The quantitative estimate of drug-likeness (QED) is 0.226. The minimum atomic E-state index is -3.82. The second-order valence-corrected chi connectivity index (χ2v) is 11.7. The number of esters is 2. The summed E-state index contributed by atoms with van der Waals surface area (Å²) in [5.41, 5.74) is 2.68. The third-order valence-corrected chi connectivity index (χ3v) is 6.01. The average Bonchev–Trinajstić information content (AvgIpc) is 2.82. The van der Waals surface area contributed by atoms with E-state index in [9.17, 15) is 18.0 Å². The fourth-order valence-electron chi connectivity index (χ4n) is 3.40. The van der Waals surface area contributed by atoms with E-state index in [1.165, 1.54) is 12.1 Å². The Bertz CT molecular complexity index is 1390. The van der Waals surface area contributed by atoms with Gasteiger partial charge >= 0.3 is 11.9 Å². The summed E-state index contributed by atoms with van der Waals surface area (Å²) in [6.45, 7) is 9.77. The van der Waals surface area contributed by atoms with Crippen molar-refractivity contribution in [2.24, 2.45) is 0 Å². The van der Waals surface area contributed by atoms with Crippen LogP contribution in [0.4, 0.5) is 0 Å². The van der Waals surface area contributed by atoms with E-state index < -0.39 is 28.2 Å². The standard InChI is InChI=1S/C29H33NO7S/c1-19-7-11-21(12-8-19)27(31)35-24-16-15-23(26(37-38(6,33)34)18-30-29(3,4)5)17-25(24)36-28(32)22-13-9-20(2)10-14-22/h7-17,26,30H,18H2,1-6H3. The Morgan fingerprint density at radius 2 is 1.26 bits per heavy atom. The molecule has 0 saturated carbocycles. The molecule has 3 aromatic carbocycles. The SMILES string of the molecule is Cc1ccc(C(=O)Oc2ccc(C(CNC(C)(C)C)OS(C)(=O)=O)cc2OC(=O)c2ccc(C)cc2)cc1. The van der Waals surface area contributed by atoms with Crippen LogP contribution < -0.4 is 14.8 Å². The maximum absolute atomic E-state index is 12.9. The van der Waals surface area contributed by atoms with Gasteiger partial charge in [-0.05, 0) is 76.6 Å². The topological polar surface area (TPSA) is 108 Å². The Kier molecular flexibility index (Phi) is 9.09. The molecule has 0 fully saturated rings. The molecule has 202 valence electrons. The molecule has 0 aliphatic carbocycles. The second kappa shape index (κ2) is 11.9. The first kappa shape index (κ1) is 29.0. The zero-order valence-corrected chi connectivity index (χ0v) is 23.2. The predicted octanol–water partition coefficient (Wildman–Crippen LogP) is 5.15. The van der Waals surface area contributed by atoms with Crippen LogP contribution >= 0.6 is 0 Å². The lowest BCUT2D eigenvalue weighted by molar-refractivity contribution is 0.0681. The van der Waals surface area contributed by atoms with E-state index in [1.54, 1.807) is 54.6 Å². The fraction of sp³-hybridized carbons (Fsp3) is 0.310. The van der Waals surface area contributed by atoms with Gasteiger partial charge in [-0.15, -0.1) is 0 Å². The van der Waals surface area contributed by atoms with Crippen LogP contribution in [0.3, 0.4) is 0 Å². The van der Waals surface area contributed by atoms with Gasteiger partial charge in [0.15, 0.2) is 11.5 Å². The zero-order chi connectivity index (χ0) is 28.1. The van der Waals surface area contributed by atoms with Crippen LogP contribution in [0.25, 0.3) is 0 Å². The molecule has 0 aromatic heterocycles. The molecule has 3 aromatic rings. The molecule has 1 N–H and O–H groups in total. The summed E-state index contributed by atoms with van der Waals surface area (Å²) in [7, 11) is -3.82. The van der Waals surface area contributed by atoms with E-state index in [0.717, 1.165) is 17.4 Å². The number of hydrogen-bond acceptors (Lipinski definition) is 8. The van der Waals surface area contributed by atoms with E-state index in [-0.39, 0.29) is 23.6 Å². The molecule has 0 radical (unpaired) electrons. The zero-order valence-electron chi connectivity index (χ0n) is 22.4. The highest BCUT2D eigenvalue weighted by Crippen LogP contribution is 2.33. The van der Waals surface area contributed by atoms with Crippen molar-refractivity contribution in [3.05, 3.63) is 94.5 Å². The molecule has 0 amide bonds. The van der Waals surface area contributed by atoms with Crippen LogP contribution in [-0.4, -0.2) is 38.7 Å². The maximum Gasteiger partial charge on any atom is 0.343 e. The highest BCUT2D eigenvalue weighted by Gasteiger charge is 2.24. The fourth-order valence-corrected chi connectivity index (χ4v) is 4.00. The van der Waals surface area contributed by atoms with Crippen LogP contribution in [0.5, 0.6) is 11.5 Å². The lowest BCUT2D eigenvalue weighted by Crippen LogP contribution is -2.39. The molecule has 1 atom stereocenters. The van der Waals surface area contributed by atoms with Gasteiger partial charge in [0, 0.05) is 12.1 Å². The number of hydrogen-bond donors (Lipinski definition) is 1. The van der Waals surface area contributed by atoms with Crippen molar-refractivity contribution in [2.45, 2.75) is 46.3 Å². The van der Waals surface area contributed by atoms with E-state index in [2.05, 4.69) is 5.32 Å². The van der Waals surface area contributed by atoms with E-state index in [4.69, 9.17) is 13.7 Å². The Balaban J connectivity index is 1.99. The van der Waals surface area contributed by atoms with Gasteiger partial charge in [-0.1, -0.05) is 41.5 Å². The number of rotatable bonds is 9. The van der Waals surface area contributed by atoms with Crippen molar-refractivity contribution in [3.63, 3.8) is 0 Å². The monoisotopic (exact) mass is 539 g/mol. The minimum absolute atomic E-state index is 0.00155. The smallest absolute Gasteiger partial charge is 0.343 e. The van der Waals surface area contributed by atoms with Gasteiger partial charge in [-0.25, -0.2) is 9.59 Å². The van der Waals surface area contributed by atoms with Gasteiger partial charge in [0.1, 0.15) is 6.10 Å². The summed E-state index contributed by atoms with van der Waals surface area (Å²) in [4.78, 5) is 25.7. The number of carbonyl (C=O) groups is 2. The summed E-state index contributed by atoms with van der Waals surface area (Å²) < 4.78 is 40.6. The molecular formula is C29H33NO7S. The largest absolute Gasteiger partial charge is 0.419 e. The summed E-state index contributed by atoms with van der Waals surface area (Å²) in [6, 6.07) is 18.1. The Morgan fingerprint density at radius 1 is 0.789 bits per heavy atom. The van der Waals surface area contributed by atoms with Crippen LogP contribution in [0, 0.1) is 13.8 Å². The first-order valence-corrected chi connectivity index (χ1v) is 13.9. The maximum atomic E-state index is 12.9. The molecule has 1 unspecified atom stereocenters. The molecular weight excluding hydrogens is 506 g/mol. The Hall–Kier alpha value is -3.53. The first-order chi connectivity index (χ1) is 17.7. The summed E-state index contributed by atoms with van der Waals surface area (Å²) >= 11 is 0. The molecule has 0 spiro atoms. The van der Waals surface area contributed by atoms with Gasteiger partial charge in [0.2, 0.25) is 0 Å². The van der Waals surface area contributed by atoms with Crippen molar-refractivity contribution in [3.8, 4) is 11.5 Å². The van der Waals surface area contributed by atoms with Gasteiger partial charge in [-0.2, -0.15) is 8.42 Å². The molecule has 0 saturated heterocycles. The van der Waals surface area contributed by atoms with Gasteiger partial charge in [-0.3, -0.25) is 4.18 Å². The van der Waals surface area contributed by atoms with Crippen LogP contribution in [0.15, 0.2) is 66.7 Å². The van der Waals surface area contributed by atoms with E-state index in [0.29, 0.717) is 16.7 Å². The molecule has 0 heterocycles. The van der Waals surface area contributed by atoms with Gasteiger partial charge in [0.25, 0.3) is 10.1 Å². The van der Waals surface area contributed by atoms with Gasteiger partial charge < -0.3 is 14.8 Å². The lowest BCUT2D eigenvalue weighted by atomic mass is 10.1. The number of benzene rings is 3. The highest BCUT2D eigenvalue weighted by atomic mass is 32.2. The van der Waals surface area contributed by atoms with Crippen LogP contribution in [0.2, 0.25) is 0 Å². The lowest BCUT2D eigenvalue weighted by Gasteiger charge is -2.25. The normalized spacial score (nSPS) is 12.6. The summed E-state index contributed by atoms with van der Waals surface area (Å²) in [5, 5.41) is 3.22. The second-order valence-electron chi connectivity index (χ2n) is 10.1. The van der Waals surface area contributed by atoms with E-state index >= 15 is 0 Å². The van der Waals surface area contributed by atoms with Crippen molar-refractivity contribution < 1.29 is 31.7 Å². The van der Waals surface area contributed by atoms with Crippen LogP contribution in [0.1, 0.15) is 64.3 Å². The molecule has 0 aliphatic heterocycles. The number of ether oxygens (including phenoxy) is 2. The van der Waals surface area contributed by atoms with Crippen molar-refractivity contribution >= 4 is 22.1 Å². The van der Waals surface area contributed by atoms with Crippen LogP contribution in [-0.2, 0) is 14.3 Å². The van der Waals surface area contributed by atoms with Crippen molar-refractivity contribution in [1.29, 1.82) is 0 Å². The van der Waals surface area contributed by atoms with Crippen molar-refractivity contribution in [2.75, 3.05) is 12.8 Å². The average molecular weight is 540 g/mol. The van der Waals surface area contributed by atoms with E-state index in [1.807, 2.05) is 34.6 Å². The Labute approximate surface area is 224 Å². The minimum Gasteiger partial charge on any atom is -0.419 e. The third-order valence-electron chi connectivity index (χ3n) is 5.43. The summed E-state index contributed by atoms with van der Waals surface area (Å²) in [6.07, 6.45) is 0.0375. The van der Waals surface area contributed by atoms with Gasteiger partial charge in [0.05, 0.1) is 17.4 Å². The Morgan fingerprint density at radius 3 is 1.71 bits per heavy atom. The predicted molar refractivity (Wildman–Crippen MR) is 145 cm³/mol. The van der Waals surface area contributed by atoms with Crippen molar-refractivity contribution in [1.82, 2.24) is 5.32 Å². The number of nitrogens with one attached hydrogen (secondary N) is 1. The molecule has 8 nitrogen and oxygen atoms in total. The molecule has 0 aliphatic rings. The first-order valence-electron chi connectivity index (χ1n) is 12.0. The molecule has 0 bridgehead atoms. The summed E-state index contributed by atoms with van der Waals surface area (Å²) in [5.74, 6) is -1.35. The highest BCUT2D eigenvalue weighted by molar-refractivity contribution is 7.86. The molecule has 9 heteroatoms. The number of aryl methyl sites for hydroxylation is 2.